The first-order chi connectivity index (χ1) is 10.3. The summed E-state index contributed by atoms with van der Waals surface area (Å²) in [6.07, 6.45) is 1.88. The molecule has 4 heteroatoms. The van der Waals surface area contributed by atoms with Gasteiger partial charge in [0.15, 0.2) is 5.16 Å². The van der Waals surface area contributed by atoms with Crippen molar-refractivity contribution in [3.8, 4) is 6.07 Å². The molecule has 0 radical (unpaired) electrons. The van der Waals surface area contributed by atoms with Crippen molar-refractivity contribution in [2.45, 2.75) is 5.16 Å². The normalized spacial score (nSPS) is 11.5. The fourth-order valence-corrected chi connectivity index (χ4v) is 2.91. The highest BCUT2D eigenvalue weighted by Crippen LogP contribution is 2.29. The van der Waals surface area contributed by atoms with Gasteiger partial charge in [0.25, 0.3) is 0 Å². The molecule has 0 atom stereocenters. The maximum Gasteiger partial charge on any atom is 0.174 e. The number of allylic oxidation sites excluding steroid dienone is 1. The Kier molecular flexibility index (Phi) is 3.76. The molecule has 0 amide bonds. The van der Waals surface area contributed by atoms with E-state index in [2.05, 4.69) is 11.1 Å². The number of hydrogen-bond acceptors (Lipinski definition) is 3. The number of thioether (sulfide) groups is 1. The summed E-state index contributed by atoms with van der Waals surface area (Å²) in [5, 5.41) is 10.2. The molecular formula is C17H13N3S. The lowest BCUT2D eigenvalue weighted by Crippen LogP contribution is -1.90. The van der Waals surface area contributed by atoms with E-state index in [-0.39, 0.29) is 0 Å². The molecule has 0 bridgehead atoms. The second-order valence-corrected chi connectivity index (χ2v) is 5.58. The third-order valence-electron chi connectivity index (χ3n) is 3.15. The zero-order valence-corrected chi connectivity index (χ0v) is 12.3. The van der Waals surface area contributed by atoms with E-state index in [1.807, 2.05) is 72.3 Å². The first-order valence-corrected chi connectivity index (χ1v) is 7.36. The molecule has 3 aromatic rings. The monoisotopic (exact) mass is 291 g/mol. The third kappa shape index (κ3) is 2.83. The van der Waals surface area contributed by atoms with Crippen molar-refractivity contribution < 1.29 is 0 Å². The largest absolute Gasteiger partial charge is 0.322 e. The maximum atomic E-state index is 9.34. The standard InChI is InChI=1S/C17H13N3S/c1-20-16-10-6-5-9-15(16)19-17(20)21-14(12-18)11-13-7-3-2-4-8-13/h2-11H,1H3. The molecule has 1 heterocycles. The molecule has 0 aliphatic rings. The Morgan fingerprint density at radius 2 is 1.86 bits per heavy atom. The van der Waals surface area contributed by atoms with Gasteiger partial charge in [0.1, 0.15) is 6.07 Å². The van der Waals surface area contributed by atoms with E-state index >= 15 is 0 Å². The summed E-state index contributed by atoms with van der Waals surface area (Å²) in [5.74, 6) is 0. The minimum Gasteiger partial charge on any atom is -0.322 e. The Morgan fingerprint density at radius 1 is 1.14 bits per heavy atom. The van der Waals surface area contributed by atoms with Crippen LogP contribution >= 0.6 is 11.8 Å². The van der Waals surface area contributed by atoms with Crippen LogP contribution in [0.3, 0.4) is 0 Å². The Hall–Kier alpha value is -2.51. The van der Waals surface area contributed by atoms with Gasteiger partial charge in [0.05, 0.1) is 15.9 Å². The predicted molar refractivity (Wildman–Crippen MR) is 86.6 cm³/mol. The van der Waals surface area contributed by atoms with Crippen LogP contribution in [0.15, 0.2) is 64.7 Å². The highest BCUT2D eigenvalue weighted by Gasteiger charge is 2.10. The van der Waals surface area contributed by atoms with E-state index < -0.39 is 0 Å². The summed E-state index contributed by atoms with van der Waals surface area (Å²) in [7, 11) is 1.97. The molecule has 2 aromatic carbocycles. The molecule has 0 aliphatic carbocycles. The molecule has 3 nitrogen and oxygen atoms in total. The van der Waals surface area contributed by atoms with E-state index in [0.29, 0.717) is 4.91 Å². The predicted octanol–water partition coefficient (Wildman–Crippen LogP) is 4.23. The fourth-order valence-electron chi connectivity index (χ4n) is 2.10. The van der Waals surface area contributed by atoms with E-state index in [4.69, 9.17) is 0 Å². The van der Waals surface area contributed by atoms with Crippen LogP contribution in [0.1, 0.15) is 5.56 Å². The minimum absolute atomic E-state index is 0.625. The number of rotatable bonds is 3. The fraction of sp³-hybridized carbons (Fsp3) is 0.0588. The van der Waals surface area contributed by atoms with Gasteiger partial charge in [0, 0.05) is 7.05 Å². The number of benzene rings is 2. The summed E-state index contributed by atoms with van der Waals surface area (Å²) in [4.78, 5) is 5.20. The Morgan fingerprint density at radius 3 is 2.57 bits per heavy atom. The number of fused-ring (bicyclic) bond motifs is 1. The first-order valence-electron chi connectivity index (χ1n) is 6.54. The highest BCUT2D eigenvalue weighted by atomic mass is 32.2. The first kappa shape index (κ1) is 13.5. The number of aromatic nitrogens is 2. The zero-order chi connectivity index (χ0) is 14.7. The number of para-hydroxylation sites is 2. The number of hydrogen-bond donors (Lipinski definition) is 0. The van der Waals surface area contributed by atoms with E-state index in [9.17, 15) is 5.26 Å². The lowest BCUT2D eigenvalue weighted by molar-refractivity contribution is 0.817. The van der Waals surface area contributed by atoms with Crippen molar-refractivity contribution in [2.75, 3.05) is 0 Å². The van der Waals surface area contributed by atoms with Crippen LogP contribution in [0.4, 0.5) is 0 Å². The van der Waals surface area contributed by atoms with E-state index in [1.165, 1.54) is 11.8 Å². The van der Waals surface area contributed by atoms with Crippen LogP contribution in [-0.4, -0.2) is 9.55 Å². The van der Waals surface area contributed by atoms with Crippen molar-refractivity contribution in [3.63, 3.8) is 0 Å². The molecular weight excluding hydrogens is 278 g/mol. The summed E-state index contributed by atoms with van der Waals surface area (Å²) in [6.45, 7) is 0. The number of nitriles is 1. The second-order valence-electron chi connectivity index (χ2n) is 4.58. The molecule has 0 unspecified atom stereocenters. The van der Waals surface area contributed by atoms with Crippen LogP contribution in [0.2, 0.25) is 0 Å². The van der Waals surface area contributed by atoms with Crippen LogP contribution in [-0.2, 0) is 7.05 Å². The Labute approximate surface area is 127 Å². The molecule has 102 valence electrons. The molecule has 0 saturated carbocycles. The second kappa shape index (κ2) is 5.86. The molecule has 0 saturated heterocycles. The molecule has 0 spiro atoms. The quantitative estimate of drug-likeness (QED) is 0.535. The topological polar surface area (TPSA) is 41.6 Å². The lowest BCUT2D eigenvalue weighted by atomic mass is 10.2. The van der Waals surface area contributed by atoms with Crippen molar-refractivity contribution in [2.24, 2.45) is 7.05 Å². The van der Waals surface area contributed by atoms with Crippen LogP contribution in [0, 0.1) is 11.3 Å². The molecule has 1 aromatic heterocycles. The molecule has 0 fully saturated rings. The van der Waals surface area contributed by atoms with Gasteiger partial charge >= 0.3 is 0 Å². The van der Waals surface area contributed by atoms with Gasteiger partial charge in [-0.1, -0.05) is 42.5 Å². The van der Waals surface area contributed by atoms with Gasteiger partial charge in [-0.15, -0.1) is 0 Å². The van der Waals surface area contributed by atoms with Crippen LogP contribution in [0.5, 0.6) is 0 Å². The number of nitrogens with zero attached hydrogens (tertiary/aromatic N) is 3. The minimum atomic E-state index is 0.625. The average molecular weight is 291 g/mol. The van der Waals surface area contributed by atoms with Crippen molar-refractivity contribution in [3.05, 3.63) is 65.1 Å². The Bertz CT molecular complexity index is 841. The summed E-state index contributed by atoms with van der Waals surface area (Å²) >= 11 is 1.39. The van der Waals surface area contributed by atoms with Gasteiger partial charge in [-0.05, 0) is 35.5 Å². The van der Waals surface area contributed by atoms with Crippen molar-refractivity contribution >= 4 is 28.9 Å². The molecule has 0 aliphatic heterocycles. The number of imidazole rings is 1. The third-order valence-corrected chi connectivity index (χ3v) is 4.13. The van der Waals surface area contributed by atoms with E-state index in [1.54, 1.807) is 0 Å². The average Bonchev–Trinajstić information content (AvgIpc) is 2.84. The van der Waals surface area contributed by atoms with Crippen molar-refractivity contribution in [1.82, 2.24) is 9.55 Å². The summed E-state index contributed by atoms with van der Waals surface area (Å²) < 4.78 is 2.01. The Balaban J connectivity index is 1.95. The van der Waals surface area contributed by atoms with Gasteiger partial charge < -0.3 is 4.57 Å². The number of aryl methyl sites for hydroxylation is 1. The van der Waals surface area contributed by atoms with Crippen molar-refractivity contribution in [1.29, 1.82) is 5.26 Å². The molecule has 21 heavy (non-hydrogen) atoms. The van der Waals surface area contributed by atoms with Crippen LogP contribution in [0.25, 0.3) is 17.1 Å². The van der Waals surface area contributed by atoms with Gasteiger partial charge in [-0.2, -0.15) is 5.26 Å². The molecule has 3 rings (SSSR count). The van der Waals surface area contributed by atoms with Gasteiger partial charge in [-0.25, -0.2) is 4.98 Å². The zero-order valence-electron chi connectivity index (χ0n) is 11.5. The van der Waals surface area contributed by atoms with Gasteiger partial charge in [-0.3, -0.25) is 0 Å². The maximum absolute atomic E-state index is 9.34. The highest BCUT2D eigenvalue weighted by molar-refractivity contribution is 8.03. The summed E-state index contributed by atoms with van der Waals surface area (Å²) in [6, 6.07) is 20.0. The van der Waals surface area contributed by atoms with Gasteiger partial charge in [0.2, 0.25) is 0 Å². The summed E-state index contributed by atoms with van der Waals surface area (Å²) in [5.41, 5.74) is 3.02. The van der Waals surface area contributed by atoms with E-state index in [0.717, 1.165) is 21.8 Å². The molecule has 0 N–H and O–H groups in total. The smallest absolute Gasteiger partial charge is 0.174 e. The lowest BCUT2D eigenvalue weighted by Gasteiger charge is -2.01. The van der Waals surface area contributed by atoms with Crippen LogP contribution < -0.4 is 0 Å². The SMILES string of the molecule is Cn1c(SC(C#N)=Cc2ccccc2)nc2ccccc21.